The highest BCUT2D eigenvalue weighted by Gasteiger charge is 2.14. The molecule has 0 heterocycles. The molecule has 0 N–H and O–H groups in total. The van der Waals surface area contributed by atoms with Gasteiger partial charge in [0.2, 0.25) is 0 Å². The monoisotopic (exact) mass is 219 g/mol. The summed E-state index contributed by atoms with van der Waals surface area (Å²) in [6, 6.07) is 7.90. The van der Waals surface area contributed by atoms with Crippen LogP contribution in [-0.4, -0.2) is 20.4 Å². The standard InChI is InChI=1S/C11H14BO2.C2H6/c1-8(11(13)14-3)9-4-6-10(12-2)7-5-9;1-2/h4-8H,1-3H3;1-2H3. The van der Waals surface area contributed by atoms with Crippen molar-refractivity contribution in [2.24, 2.45) is 0 Å². The molecule has 0 aliphatic heterocycles. The van der Waals surface area contributed by atoms with E-state index in [-0.39, 0.29) is 11.9 Å². The van der Waals surface area contributed by atoms with Gasteiger partial charge in [-0.3, -0.25) is 4.79 Å². The van der Waals surface area contributed by atoms with E-state index in [0.717, 1.165) is 11.0 Å². The SMILES string of the molecule is CC.C[B]c1ccc(C(C)C(=O)OC)cc1. The molecule has 3 heteroatoms. The summed E-state index contributed by atoms with van der Waals surface area (Å²) in [7, 11) is 3.43. The van der Waals surface area contributed by atoms with Crippen LogP contribution in [-0.2, 0) is 9.53 Å². The Balaban J connectivity index is 0.00000106. The number of ether oxygens (including phenoxy) is 1. The zero-order valence-corrected chi connectivity index (χ0v) is 10.8. The van der Waals surface area contributed by atoms with E-state index in [9.17, 15) is 4.79 Å². The van der Waals surface area contributed by atoms with Gasteiger partial charge in [0.05, 0.1) is 13.0 Å². The van der Waals surface area contributed by atoms with E-state index >= 15 is 0 Å². The molecule has 0 saturated carbocycles. The van der Waals surface area contributed by atoms with Crippen LogP contribution in [0.5, 0.6) is 0 Å². The largest absolute Gasteiger partial charge is 0.469 e. The van der Waals surface area contributed by atoms with E-state index in [1.165, 1.54) is 7.11 Å². The first-order valence-corrected chi connectivity index (χ1v) is 5.66. The smallest absolute Gasteiger partial charge is 0.312 e. The quantitative estimate of drug-likeness (QED) is 0.576. The zero-order valence-electron chi connectivity index (χ0n) is 10.8. The first kappa shape index (κ1) is 14.8. The number of carbonyl (C=O) groups is 1. The van der Waals surface area contributed by atoms with Crippen molar-refractivity contribution in [3.8, 4) is 0 Å². The second kappa shape index (κ2) is 7.97. The van der Waals surface area contributed by atoms with Crippen molar-refractivity contribution in [3.05, 3.63) is 29.8 Å². The van der Waals surface area contributed by atoms with Gasteiger partial charge in [0.1, 0.15) is 7.28 Å². The summed E-state index contributed by atoms with van der Waals surface area (Å²) in [6.45, 7) is 7.83. The van der Waals surface area contributed by atoms with Gasteiger partial charge in [-0.1, -0.05) is 50.4 Å². The fourth-order valence-electron chi connectivity index (χ4n) is 1.29. The minimum atomic E-state index is -0.196. The number of benzene rings is 1. The Bertz CT molecular complexity index is 306. The van der Waals surface area contributed by atoms with Crippen molar-refractivity contribution in [1.82, 2.24) is 0 Å². The average Bonchev–Trinajstić information content (AvgIpc) is 2.39. The molecule has 0 fully saturated rings. The highest BCUT2D eigenvalue weighted by molar-refractivity contribution is 6.51. The number of carbonyl (C=O) groups excluding carboxylic acids is 1. The fraction of sp³-hybridized carbons (Fsp3) is 0.462. The van der Waals surface area contributed by atoms with Crippen LogP contribution in [0, 0.1) is 0 Å². The molecule has 1 aromatic carbocycles. The van der Waals surface area contributed by atoms with Gasteiger partial charge < -0.3 is 4.74 Å². The van der Waals surface area contributed by atoms with Gasteiger partial charge in [-0.25, -0.2) is 0 Å². The van der Waals surface area contributed by atoms with Gasteiger partial charge in [-0.05, 0) is 12.5 Å². The van der Waals surface area contributed by atoms with Gasteiger partial charge in [0.25, 0.3) is 0 Å². The molecule has 0 amide bonds. The molecule has 1 atom stereocenters. The Morgan fingerprint density at radius 2 is 1.75 bits per heavy atom. The Morgan fingerprint density at radius 1 is 1.25 bits per heavy atom. The van der Waals surface area contributed by atoms with Crippen LogP contribution < -0.4 is 5.46 Å². The lowest BCUT2D eigenvalue weighted by molar-refractivity contribution is -0.141. The summed E-state index contributed by atoms with van der Waals surface area (Å²) in [5.74, 6) is -0.385. The van der Waals surface area contributed by atoms with Crippen LogP contribution in [0.3, 0.4) is 0 Å². The molecule has 0 aliphatic rings. The van der Waals surface area contributed by atoms with Crippen molar-refractivity contribution in [2.45, 2.75) is 33.5 Å². The molecule has 0 bridgehead atoms. The molecule has 1 radical (unpaired) electrons. The maximum atomic E-state index is 11.2. The first-order chi connectivity index (χ1) is 7.69. The highest BCUT2D eigenvalue weighted by Crippen LogP contribution is 2.14. The number of methoxy groups -OCH3 is 1. The molecule has 0 saturated heterocycles. The molecule has 0 aromatic heterocycles. The van der Waals surface area contributed by atoms with Crippen molar-refractivity contribution in [3.63, 3.8) is 0 Å². The summed E-state index contributed by atoms with van der Waals surface area (Å²) < 4.78 is 4.68. The predicted octanol–water partition coefficient (Wildman–Crippen LogP) is 2.37. The average molecular weight is 219 g/mol. The summed E-state index contributed by atoms with van der Waals surface area (Å²) in [5, 5.41) is 0. The molecular formula is C13H20BO2. The molecule has 0 aliphatic carbocycles. The van der Waals surface area contributed by atoms with Gasteiger partial charge in [-0.15, -0.1) is 0 Å². The Hall–Kier alpha value is -1.25. The Labute approximate surface area is 99.3 Å². The minimum Gasteiger partial charge on any atom is -0.469 e. The van der Waals surface area contributed by atoms with Gasteiger partial charge in [-0.2, -0.15) is 0 Å². The first-order valence-electron chi connectivity index (χ1n) is 5.66. The third-order valence-corrected chi connectivity index (χ3v) is 2.32. The second-order valence-corrected chi connectivity index (χ2v) is 3.20. The third kappa shape index (κ3) is 4.09. The molecule has 1 aromatic rings. The fourth-order valence-corrected chi connectivity index (χ4v) is 1.29. The number of esters is 1. The molecule has 16 heavy (non-hydrogen) atoms. The maximum Gasteiger partial charge on any atom is 0.312 e. The summed E-state index contributed by atoms with van der Waals surface area (Å²) in [5.41, 5.74) is 2.15. The Morgan fingerprint density at radius 3 is 2.12 bits per heavy atom. The molecule has 1 rings (SSSR count). The Kier molecular flexibility index (Phi) is 7.35. The van der Waals surface area contributed by atoms with Crippen LogP contribution >= 0.6 is 0 Å². The zero-order chi connectivity index (χ0) is 12.6. The number of hydrogen-bond acceptors (Lipinski definition) is 2. The van der Waals surface area contributed by atoms with Crippen LogP contribution in [0.1, 0.15) is 32.3 Å². The maximum absolute atomic E-state index is 11.2. The lowest BCUT2D eigenvalue weighted by atomic mass is 9.73. The van der Waals surface area contributed by atoms with Gasteiger partial charge in [0.15, 0.2) is 0 Å². The van der Waals surface area contributed by atoms with E-state index in [0.29, 0.717) is 0 Å². The lowest BCUT2D eigenvalue weighted by Gasteiger charge is -2.09. The predicted molar refractivity (Wildman–Crippen MR) is 69.5 cm³/mol. The molecule has 0 spiro atoms. The van der Waals surface area contributed by atoms with Gasteiger partial charge in [0, 0.05) is 0 Å². The van der Waals surface area contributed by atoms with Crippen molar-refractivity contribution in [2.75, 3.05) is 7.11 Å². The van der Waals surface area contributed by atoms with Crippen LogP contribution in [0.25, 0.3) is 0 Å². The molecule has 1 unspecified atom stereocenters. The molecule has 87 valence electrons. The normalized spacial score (nSPS) is 10.8. The van der Waals surface area contributed by atoms with E-state index in [1.807, 2.05) is 59.1 Å². The number of hydrogen-bond donors (Lipinski definition) is 0. The highest BCUT2D eigenvalue weighted by atomic mass is 16.5. The van der Waals surface area contributed by atoms with E-state index in [2.05, 4.69) is 4.74 Å². The molecule has 2 nitrogen and oxygen atoms in total. The topological polar surface area (TPSA) is 26.3 Å². The van der Waals surface area contributed by atoms with E-state index in [1.54, 1.807) is 0 Å². The number of rotatable bonds is 3. The molecular weight excluding hydrogens is 199 g/mol. The third-order valence-electron chi connectivity index (χ3n) is 2.32. The summed E-state index contributed by atoms with van der Waals surface area (Å²) in [4.78, 5) is 11.2. The van der Waals surface area contributed by atoms with E-state index < -0.39 is 0 Å². The minimum absolute atomic E-state index is 0.189. The second-order valence-electron chi connectivity index (χ2n) is 3.20. The van der Waals surface area contributed by atoms with Crippen molar-refractivity contribution in [1.29, 1.82) is 0 Å². The van der Waals surface area contributed by atoms with Crippen molar-refractivity contribution < 1.29 is 9.53 Å². The summed E-state index contributed by atoms with van der Waals surface area (Å²) in [6.07, 6.45) is 0. The van der Waals surface area contributed by atoms with Crippen LogP contribution in [0.15, 0.2) is 24.3 Å². The lowest BCUT2D eigenvalue weighted by Crippen LogP contribution is -2.14. The van der Waals surface area contributed by atoms with Crippen molar-refractivity contribution >= 4 is 18.7 Å². The summed E-state index contributed by atoms with van der Waals surface area (Å²) >= 11 is 0. The van der Waals surface area contributed by atoms with Gasteiger partial charge >= 0.3 is 5.97 Å². The van der Waals surface area contributed by atoms with Crippen LogP contribution in [0.2, 0.25) is 6.82 Å². The van der Waals surface area contributed by atoms with E-state index in [4.69, 9.17) is 0 Å². The van der Waals surface area contributed by atoms with Crippen LogP contribution in [0.4, 0.5) is 0 Å².